The van der Waals surface area contributed by atoms with Crippen molar-refractivity contribution in [2.75, 3.05) is 16.5 Å². The van der Waals surface area contributed by atoms with Crippen molar-refractivity contribution in [3.8, 4) is 45.3 Å². The monoisotopic (exact) mass is 643 g/mol. The second kappa shape index (κ2) is 11.1. The highest BCUT2D eigenvalue weighted by Crippen LogP contribution is 2.49. The van der Waals surface area contributed by atoms with Crippen LogP contribution in [0, 0.1) is 0 Å². The molecule has 0 atom stereocenters. The Morgan fingerprint density at radius 3 is 1.90 bits per heavy atom. The van der Waals surface area contributed by atoms with Crippen molar-refractivity contribution in [2.45, 2.75) is 0 Å². The molecule has 10 rings (SSSR count). The summed E-state index contributed by atoms with van der Waals surface area (Å²) in [6.45, 7) is 4.46. The Kier molecular flexibility index (Phi) is 6.29. The van der Waals surface area contributed by atoms with Gasteiger partial charge in [-0.15, -0.1) is 0 Å². The molecule has 0 amide bonds. The standard InChI is InChI=1S/C44H29N5O/c1-45-34-18-7-10-22-39(34)49-27-48(36-20-8-4-15-30(36)31-16-5-9-21-37(31)49)38-26-25-32(28-13-2-3-14-29(28)38)44-46-35-19-12-24-41-42(35)43(47-44)33-17-6-11-23-40(33)50-41/h2-26H,1,27H2. The molecule has 0 unspecified atom stereocenters. The molecule has 0 aliphatic carbocycles. The summed E-state index contributed by atoms with van der Waals surface area (Å²) < 4.78 is 6.27. The summed E-state index contributed by atoms with van der Waals surface area (Å²) in [5.41, 5.74) is 11.2. The second-order valence-electron chi connectivity index (χ2n) is 12.5. The Morgan fingerprint density at radius 1 is 0.500 bits per heavy atom. The summed E-state index contributed by atoms with van der Waals surface area (Å²) in [6, 6.07) is 52.5. The molecular formula is C44H29N5O. The van der Waals surface area contributed by atoms with E-state index in [9.17, 15) is 0 Å². The summed E-state index contributed by atoms with van der Waals surface area (Å²) in [6.07, 6.45) is 0. The van der Waals surface area contributed by atoms with Gasteiger partial charge in [0.2, 0.25) is 0 Å². The lowest BCUT2D eigenvalue weighted by Crippen LogP contribution is -2.31. The van der Waals surface area contributed by atoms with Crippen molar-refractivity contribution < 1.29 is 4.74 Å². The highest BCUT2D eigenvalue weighted by molar-refractivity contribution is 6.07. The number of benzene rings is 7. The average Bonchev–Trinajstić information content (AvgIpc) is 3.32. The molecule has 50 heavy (non-hydrogen) atoms. The van der Waals surface area contributed by atoms with Crippen molar-refractivity contribution in [3.05, 3.63) is 152 Å². The first-order valence-electron chi connectivity index (χ1n) is 16.7. The molecular weight excluding hydrogens is 615 g/mol. The van der Waals surface area contributed by atoms with E-state index in [2.05, 4.69) is 125 Å². The van der Waals surface area contributed by atoms with Crippen LogP contribution in [-0.4, -0.2) is 23.4 Å². The zero-order valence-electron chi connectivity index (χ0n) is 27.0. The predicted molar refractivity (Wildman–Crippen MR) is 205 cm³/mol. The number of rotatable bonds is 4. The van der Waals surface area contributed by atoms with E-state index in [4.69, 9.17) is 14.7 Å². The predicted octanol–water partition coefficient (Wildman–Crippen LogP) is 11.5. The minimum atomic E-state index is 0.556. The number of aromatic nitrogens is 2. The summed E-state index contributed by atoms with van der Waals surface area (Å²) >= 11 is 0. The average molecular weight is 644 g/mol. The number of hydrogen-bond acceptors (Lipinski definition) is 6. The minimum Gasteiger partial charge on any atom is -0.456 e. The largest absolute Gasteiger partial charge is 0.456 e. The van der Waals surface area contributed by atoms with Crippen molar-refractivity contribution >= 4 is 56.8 Å². The second-order valence-corrected chi connectivity index (χ2v) is 12.5. The van der Waals surface area contributed by atoms with Gasteiger partial charge in [0, 0.05) is 27.6 Å². The van der Waals surface area contributed by atoms with E-state index >= 15 is 0 Å². The van der Waals surface area contributed by atoms with Gasteiger partial charge < -0.3 is 14.5 Å². The van der Waals surface area contributed by atoms with Crippen LogP contribution in [0.25, 0.3) is 55.4 Å². The fraction of sp³-hybridized carbons (Fsp3) is 0.0227. The SMILES string of the molecule is C=Nc1ccccc1N1CN(c2ccc(-c3nc4c5c(cccc5n3)Oc3ccccc3-4)c3ccccc23)c2ccccc2-c2ccccc21. The fourth-order valence-electron chi connectivity index (χ4n) is 7.54. The molecule has 0 fully saturated rings. The zero-order valence-corrected chi connectivity index (χ0v) is 27.0. The molecule has 0 N–H and O–H groups in total. The fourth-order valence-corrected chi connectivity index (χ4v) is 7.54. The normalized spacial score (nSPS) is 12.9. The molecule has 0 spiro atoms. The Morgan fingerprint density at radius 2 is 1.12 bits per heavy atom. The topological polar surface area (TPSA) is 53.9 Å². The van der Waals surface area contributed by atoms with E-state index < -0.39 is 0 Å². The van der Waals surface area contributed by atoms with Crippen LogP contribution in [0.1, 0.15) is 0 Å². The maximum absolute atomic E-state index is 6.27. The van der Waals surface area contributed by atoms with Crippen molar-refractivity contribution in [1.82, 2.24) is 9.97 Å². The maximum Gasteiger partial charge on any atom is 0.161 e. The Bertz CT molecular complexity index is 2670. The number of anilines is 4. The Labute approximate surface area is 289 Å². The van der Waals surface area contributed by atoms with Gasteiger partial charge in [-0.3, -0.25) is 4.99 Å². The van der Waals surface area contributed by atoms with E-state index in [0.29, 0.717) is 12.5 Å². The minimum absolute atomic E-state index is 0.556. The summed E-state index contributed by atoms with van der Waals surface area (Å²) in [5.74, 6) is 2.26. The first-order valence-corrected chi connectivity index (χ1v) is 16.7. The van der Waals surface area contributed by atoms with Crippen LogP contribution in [0.3, 0.4) is 0 Å². The van der Waals surface area contributed by atoms with E-state index in [1.807, 2.05) is 48.5 Å². The smallest absolute Gasteiger partial charge is 0.161 e. The first kappa shape index (κ1) is 28.2. The molecule has 3 heterocycles. The van der Waals surface area contributed by atoms with Crippen LogP contribution >= 0.6 is 0 Å². The molecule has 0 radical (unpaired) electrons. The Balaban J connectivity index is 1.19. The Hall–Kier alpha value is -6.79. The molecule has 6 nitrogen and oxygen atoms in total. The molecule has 7 aromatic carbocycles. The number of para-hydroxylation sites is 5. The van der Waals surface area contributed by atoms with Crippen LogP contribution in [0.2, 0.25) is 0 Å². The highest BCUT2D eigenvalue weighted by atomic mass is 16.5. The van der Waals surface area contributed by atoms with Gasteiger partial charge in [0.1, 0.15) is 18.2 Å². The third-order valence-corrected chi connectivity index (χ3v) is 9.79. The molecule has 2 aliphatic heterocycles. The van der Waals surface area contributed by atoms with Gasteiger partial charge in [-0.05, 0) is 72.8 Å². The van der Waals surface area contributed by atoms with Crippen LogP contribution < -0.4 is 14.5 Å². The van der Waals surface area contributed by atoms with Gasteiger partial charge in [0.15, 0.2) is 5.82 Å². The van der Waals surface area contributed by atoms with E-state index in [-0.39, 0.29) is 0 Å². The summed E-state index contributed by atoms with van der Waals surface area (Å²) in [5, 5.41) is 3.12. The molecule has 8 aromatic rings. The summed E-state index contributed by atoms with van der Waals surface area (Å²) in [7, 11) is 0. The van der Waals surface area contributed by atoms with Crippen molar-refractivity contribution in [1.29, 1.82) is 0 Å². The number of nitrogens with zero attached hydrogens (tertiary/aromatic N) is 5. The van der Waals surface area contributed by atoms with Gasteiger partial charge >= 0.3 is 0 Å². The third kappa shape index (κ3) is 4.25. The zero-order chi connectivity index (χ0) is 33.2. The van der Waals surface area contributed by atoms with Gasteiger partial charge in [-0.1, -0.05) is 91.0 Å². The number of ether oxygens (including phenoxy) is 1. The summed E-state index contributed by atoms with van der Waals surface area (Å²) in [4.78, 5) is 19.6. The van der Waals surface area contributed by atoms with Crippen molar-refractivity contribution in [2.24, 2.45) is 4.99 Å². The van der Waals surface area contributed by atoms with Gasteiger partial charge in [-0.25, -0.2) is 9.97 Å². The number of aliphatic imine (C=N–C) groups is 1. The first-order chi connectivity index (χ1) is 24.8. The lowest BCUT2D eigenvalue weighted by molar-refractivity contribution is 0.486. The van der Waals surface area contributed by atoms with Crippen LogP contribution in [0.4, 0.5) is 28.4 Å². The van der Waals surface area contributed by atoms with Crippen LogP contribution in [-0.2, 0) is 0 Å². The lowest BCUT2D eigenvalue weighted by atomic mass is 9.98. The molecule has 0 saturated heterocycles. The van der Waals surface area contributed by atoms with Gasteiger partial charge in [0.05, 0.1) is 45.0 Å². The maximum atomic E-state index is 6.27. The lowest BCUT2D eigenvalue weighted by Gasteiger charge is -2.33. The van der Waals surface area contributed by atoms with E-state index in [1.165, 1.54) is 0 Å². The van der Waals surface area contributed by atoms with E-state index in [1.54, 1.807) is 0 Å². The van der Waals surface area contributed by atoms with Crippen LogP contribution in [0.5, 0.6) is 11.5 Å². The molecule has 0 saturated carbocycles. The molecule has 2 aliphatic rings. The molecule has 0 bridgehead atoms. The molecule has 236 valence electrons. The quantitative estimate of drug-likeness (QED) is 0.179. The van der Waals surface area contributed by atoms with Crippen LogP contribution in [0.15, 0.2) is 157 Å². The molecule has 6 heteroatoms. The molecule has 1 aromatic heterocycles. The van der Waals surface area contributed by atoms with Gasteiger partial charge in [-0.2, -0.15) is 0 Å². The van der Waals surface area contributed by atoms with Gasteiger partial charge in [0.25, 0.3) is 0 Å². The third-order valence-electron chi connectivity index (χ3n) is 9.79. The van der Waals surface area contributed by atoms with E-state index in [0.717, 1.165) is 89.6 Å². The van der Waals surface area contributed by atoms with Crippen molar-refractivity contribution in [3.63, 3.8) is 0 Å². The highest BCUT2D eigenvalue weighted by Gasteiger charge is 2.29. The number of fused-ring (bicyclic) bond motifs is 6. The number of hydrogen-bond donors (Lipinski definition) is 0.